The lowest BCUT2D eigenvalue weighted by Crippen LogP contribution is -2.14. The first-order valence-corrected chi connectivity index (χ1v) is 9.72. The van der Waals surface area contributed by atoms with Crippen LogP contribution >= 0.6 is 35.4 Å². The van der Waals surface area contributed by atoms with Gasteiger partial charge >= 0.3 is 0 Å². The molecule has 0 bridgehead atoms. The molecule has 0 amide bonds. The Hall–Kier alpha value is -2.54. The number of aromatic amines is 1. The van der Waals surface area contributed by atoms with Crippen LogP contribution in [0.1, 0.15) is 11.1 Å². The second-order valence-electron chi connectivity index (χ2n) is 6.12. The third kappa shape index (κ3) is 3.85. The number of H-pyrrole nitrogens is 1. The molecule has 0 aliphatic carbocycles. The number of nitrogens with one attached hydrogen (secondary N) is 2. The number of hydrogen-bond donors (Lipinski definition) is 2. The summed E-state index contributed by atoms with van der Waals surface area (Å²) in [7, 11) is 0. The molecule has 1 heterocycles. The molecule has 0 aliphatic rings. The Kier molecular flexibility index (Phi) is 5.52. The maximum atomic E-state index is 6.27. The summed E-state index contributed by atoms with van der Waals surface area (Å²) >= 11 is 17.7. The average molecular weight is 431 g/mol. The summed E-state index contributed by atoms with van der Waals surface area (Å²) in [4.78, 5) is 0. The van der Waals surface area contributed by atoms with Crippen LogP contribution in [0.5, 0.6) is 5.75 Å². The number of fused-ring (bicyclic) bond motifs is 1. The molecule has 0 radical (unpaired) electrons. The normalized spacial score (nSPS) is 10.9. The van der Waals surface area contributed by atoms with E-state index in [0.717, 1.165) is 27.6 Å². The van der Waals surface area contributed by atoms with Gasteiger partial charge in [-0.15, -0.1) is 0 Å². The molecule has 1 aromatic heterocycles. The lowest BCUT2D eigenvalue weighted by molar-refractivity contribution is 0.304. The smallest absolute Gasteiger partial charge is 0.214 e. The molecule has 3 aromatic carbocycles. The standard InChI is InChI=1S/C20H16Cl2N4OS/c21-17-6-3-7-18(22)16(17)11-27-19-9-8-13-4-1-2-5-14(13)15(19)10-24-26-12-23-25-20(26)28/h1-9,12,24H,10-11H2,(H,25,28). The van der Waals surface area contributed by atoms with Crippen molar-refractivity contribution in [3.8, 4) is 5.75 Å². The molecule has 4 rings (SSSR count). The van der Waals surface area contributed by atoms with Gasteiger partial charge in [-0.25, -0.2) is 4.68 Å². The van der Waals surface area contributed by atoms with Gasteiger partial charge in [0.1, 0.15) is 18.7 Å². The van der Waals surface area contributed by atoms with Gasteiger partial charge in [-0.1, -0.05) is 59.6 Å². The van der Waals surface area contributed by atoms with Crippen molar-refractivity contribution in [1.29, 1.82) is 0 Å². The van der Waals surface area contributed by atoms with E-state index in [-0.39, 0.29) is 6.61 Å². The predicted molar refractivity (Wildman–Crippen MR) is 115 cm³/mol. The number of nitrogens with zero attached hydrogens (tertiary/aromatic N) is 2. The van der Waals surface area contributed by atoms with Crippen molar-refractivity contribution in [2.24, 2.45) is 0 Å². The Morgan fingerprint density at radius 1 is 1.00 bits per heavy atom. The van der Waals surface area contributed by atoms with Gasteiger partial charge in [0, 0.05) is 21.2 Å². The van der Waals surface area contributed by atoms with Crippen molar-refractivity contribution in [2.75, 3.05) is 5.43 Å². The Balaban J connectivity index is 1.67. The average Bonchev–Trinajstić information content (AvgIpc) is 3.11. The van der Waals surface area contributed by atoms with Crippen LogP contribution < -0.4 is 10.2 Å². The van der Waals surface area contributed by atoms with Crippen LogP contribution in [0.3, 0.4) is 0 Å². The molecule has 0 unspecified atom stereocenters. The number of halogens is 2. The Morgan fingerprint density at radius 3 is 2.54 bits per heavy atom. The Labute approximate surface area is 176 Å². The molecule has 142 valence electrons. The molecular weight excluding hydrogens is 415 g/mol. The van der Waals surface area contributed by atoms with E-state index in [1.54, 1.807) is 23.1 Å². The van der Waals surface area contributed by atoms with E-state index in [2.05, 4.69) is 27.8 Å². The van der Waals surface area contributed by atoms with Crippen molar-refractivity contribution in [3.05, 3.63) is 86.9 Å². The van der Waals surface area contributed by atoms with Crippen LogP contribution in [0.25, 0.3) is 10.8 Å². The molecule has 2 N–H and O–H groups in total. The predicted octanol–water partition coefficient (Wildman–Crippen LogP) is 5.72. The molecule has 0 fully saturated rings. The highest BCUT2D eigenvalue weighted by Gasteiger charge is 2.12. The summed E-state index contributed by atoms with van der Waals surface area (Å²) in [6.45, 7) is 0.774. The summed E-state index contributed by atoms with van der Waals surface area (Å²) in [5.41, 5.74) is 5.01. The quantitative estimate of drug-likeness (QED) is 0.383. The Morgan fingerprint density at radius 2 is 1.79 bits per heavy atom. The van der Waals surface area contributed by atoms with Crippen LogP contribution in [0, 0.1) is 4.77 Å². The molecule has 0 saturated heterocycles. The minimum absolute atomic E-state index is 0.273. The summed E-state index contributed by atoms with van der Waals surface area (Å²) in [5, 5.41) is 10.0. The lowest BCUT2D eigenvalue weighted by atomic mass is 10.0. The second kappa shape index (κ2) is 8.22. The highest BCUT2D eigenvalue weighted by Crippen LogP contribution is 2.31. The molecule has 28 heavy (non-hydrogen) atoms. The second-order valence-corrected chi connectivity index (χ2v) is 7.32. The molecule has 0 saturated carbocycles. The van der Waals surface area contributed by atoms with Gasteiger partial charge in [0.15, 0.2) is 0 Å². The van der Waals surface area contributed by atoms with E-state index in [0.29, 0.717) is 21.4 Å². The van der Waals surface area contributed by atoms with Gasteiger partial charge in [0.25, 0.3) is 0 Å². The highest BCUT2D eigenvalue weighted by molar-refractivity contribution is 7.71. The maximum Gasteiger partial charge on any atom is 0.214 e. The number of aromatic nitrogens is 3. The molecule has 4 aromatic rings. The van der Waals surface area contributed by atoms with E-state index in [4.69, 9.17) is 40.2 Å². The zero-order valence-corrected chi connectivity index (χ0v) is 17.0. The zero-order valence-electron chi connectivity index (χ0n) is 14.7. The van der Waals surface area contributed by atoms with Crippen molar-refractivity contribution >= 4 is 46.2 Å². The minimum Gasteiger partial charge on any atom is -0.488 e. The minimum atomic E-state index is 0.273. The van der Waals surface area contributed by atoms with Crippen LogP contribution in [-0.2, 0) is 13.2 Å². The topological polar surface area (TPSA) is 54.9 Å². The molecule has 0 aliphatic heterocycles. The van der Waals surface area contributed by atoms with Gasteiger partial charge in [-0.3, -0.25) is 5.10 Å². The van der Waals surface area contributed by atoms with Crippen molar-refractivity contribution in [1.82, 2.24) is 14.9 Å². The van der Waals surface area contributed by atoms with Gasteiger partial charge in [0.05, 0.1) is 6.54 Å². The molecule has 0 atom stereocenters. The van der Waals surface area contributed by atoms with Crippen LogP contribution in [0.2, 0.25) is 10.0 Å². The fourth-order valence-corrected chi connectivity index (χ4v) is 3.65. The summed E-state index contributed by atoms with van der Waals surface area (Å²) in [5.74, 6) is 0.747. The SMILES string of the molecule is S=c1[nH]ncn1NCc1c(OCc2c(Cl)cccc2Cl)ccc2ccccc12. The third-order valence-corrected chi connectivity index (χ3v) is 5.41. The van der Waals surface area contributed by atoms with Crippen molar-refractivity contribution in [3.63, 3.8) is 0 Å². The Bertz CT molecular complexity index is 1170. The van der Waals surface area contributed by atoms with E-state index >= 15 is 0 Å². The van der Waals surface area contributed by atoms with E-state index in [1.165, 1.54) is 0 Å². The zero-order chi connectivity index (χ0) is 19.5. The van der Waals surface area contributed by atoms with Crippen LogP contribution in [-0.4, -0.2) is 14.9 Å². The molecule has 5 nitrogen and oxygen atoms in total. The van der Waals surface area contributed by atoms with Gasteiger partial charge < -0.3 is 10.2 Å². The molecular formula is C20H16Cl2N4OS. The van der Waals surface area contributed by atoms with Crippen LogP contribution in [0.15, 0.2) is 60.9 Å². The van der Waals surface area contributed by atoms with E-state index in [9.17, 15) is 0 Å². The maximum absolute atomic E-state index is 6.27. The number of benzene rings is 3. The van der Waals surface area contributed by atoms with Gasteiger partial charge in [0.2, 0.25) is 4.77 Å². The van der Waals surface area contributed by atoms with E-state index < -0.39 is 0 Å². The van der Waals surface area contributed by atoms with Crippen molar-refractivity contribution in [2.45, 2.75) is 13.2 Å². The highest BCUT2D eigenvalue weighted by atomic mass is 35.5. The molecule has 0 spiro atoms. The first-order valence-electron chi connectivity index (χ1n) is 8.55. The van der Waals surface area contributed by atoms with Crippen LogP contribution in [0.4, 0.5) is 0 Å². The van der Waals surface area contributed by atoms with E-state index in [1.807, 2.05) is 30.3 Å². The molecule has 8 heteroatoms. The fourth-order valence-electron chi connectivity index (χ4n) is 2.98. The first kappa shape index (κ1) is 18.8. The van der Waals surface area contributed by atoms with Gasteiger partial charge in [-0.2, -0.15) is 5.10 Å². The number of rotatable bonds is 6. The monoisotopic (exact) mass is 430 g/mol. The number of hydrogen-bond acceptors (Lipinski definition) is 4. The summed E-state index contributed by atoms with van der Waals surface area (Å²) in [6, 6.07) is 17.6. The summed E-state index contributed by atoms with van der Waals surface area (Å²) < 4.78 is 8.28. The first-order chi connectivity index (χ1) is 13.6. The fraction of sp³-hybridized carbons (Fsp3) is 0.100. The third-order valence-electron chi connectivity index (χ3n) is 4.41. The van der Waals surface area contributed by atoms with Gasteiger partial charge in [-0.05, 0) is 41.2 Å². The largest absolute Gasteiger partial charge is 0.488 e. The number of ether oxygens (including phenoxy) is 1. The lowest BCUT2D eigenvalue weighted by Gasteiger charge is -2.16. The summed E-state index contributed by atoms with van der Waals surface area (Å²) in [6.07, 6.45) is 1.59. The van der Waals surface area contributed by atoms with Crippen molar-refractivity contribution < 1.29 is 4.74 Å².